The molecule has 0 fully saturated rings. The number of fused-ring (bicyclic) bond motifs is 3. The molecule has 0 aliphatic carbocycles. The number of carbonyl (C=O) groups excluding carboxylic acids is 2. The predicted octanol–water partition coefficient (Wildman–Crippen LogP) is 7.09. The molecular weight excluding hydrogens is 512 g/mol. The van der Waals surface area contributed by atoms with Gasteiger partial charge < -0.3 is 15.2 Å². The number of anilines is 2. The molecule has 0 radical (unpaired) electrons. The van der Waals surface area contributed by atoms with Crippen LogP contribution in [0, 0.1) is 10.1 Å². The number of benzene rings is 4. The third-order valence-electron chi connectivity index (χ3n) is 6.47. The number of nitrogens with one attached hydrogen (secondary N) is 2. The highest BCUT2D eigenvalue weighted by Gasteiger charge is 2.17. The van der Waals surface area contributed by atoms with Gasteiger partial charge in [0.05, 0.1) is 10.2 Å². The molecule has 0 spiro atoms. The van der Waals surface area contributed by atoms with E-state index in [0.29, 0.717) is 11.3 Å². The minimum Gasteiger partial charge on any atom is -0.341 e. The molecular formula is C30H26N4O4S. The van der Waals surface area contributed by atoms with E-state index in [4.69, 9.17) is 0 Å². The second-order valence-corrected chi connectivity index (χ2v) is 10.4. The van der Waals surface area contributed by atoms with Crippen LogP contribution in [-0.2, 0) is 11.3 Å². The van der Waals surface area contributed by atoms with Gasteiger partial charge in [0.25, 0.3) is 11.6 Å². The number of aromatic nitrogens is 1. The van der Waals surface area contributed by atoms with Gasteiger partial charge in [-0.25, -0.2) is 0 Å². The van der Waals surface area contributed by atoms with E-state index in [-0.39, 0.29) is 17.5 Å². The van der Waals surface area contributed by atoms with Gasteiger partial charge in [-0.15, -0.1) is 11.8 Å². The van der Waals surface area contributed by atoms with Crippen LogP contribution in [0.2, 0.25) is 0 Å². The van der Waals surface area contributed by atoms with Crippen LogP contribution in [0.3, 0.4) is 0 Å². The zero-order valence-electron chi connectivity index (χ0n) is 21.4. The summed E-state index contributed by atoms with van der Waals surface area (Å²) in [6, 6.07) is 26.9. The molecule has 39 heavy (non-hydrogen) atoms. The Morgan fingerprint density at radius 1 is 0.872 bits per heavy atom. The molecule has 0 aliphatic rings. The van der Waals surface area contributed by atoms with Gasteiger partial charge in [0.1, 0.15) is 0 Å². The predicted molar refractivity (Wildman–Crippen MR) is 157 cm³/mol. The number of nitrogens with zero attached hydrogens (tertiary/aromatic N) is 2. The van der Waals surface area contributed by atoms with E-state index in [9.17, 15) is 19.7 Å². The monoisotopic (exact) mass is 538 g/mol. The van der Waals surface area contributed by atoms with Crippen molar-refractivity contribution in [1.82, 2.24) is 4.57 Å². The van der Waals surface area contributed by atoms with Crippen molar-refractivity contribution in [3.8, 4) is 0 Å². The molecule has 2 amide bonds. The molecule has 196 valence electrons. The summed E-state index contributed by atoms with van der Waals surface area (Å²) in [4.78, 5) is 36.8. The summed E-state index contributed by atoms with van der Waals surface area (Å²) in [7, 11) is 0. The zero-order chi connectivity index (χ0) is 27.5. The third kappa shape index (κ3) is 5.49. The van der Waals surface area contributed by atoms with Crippen LogP contribution in [0.25, 0.3) is 21.8 Å². The lowest BCUT2D eigenvalue weighted by Crippen LogP contribution is -2.22. The molecule has 0 saturated carbocycles. The summed E-state index contributed by atoms with van der Waals surface area (Å²) < 4.78 is 2.27. The average molecular weight is 539 g/mol. The first-order valence-electron chi connectivity index (χ1n) is 12.5. The molecule has 0 bridgehead atoms. The van der Waals surface area contributed by atoms with Gasteiger partial charge in [-0.3, -0.25) is 19.7 Å². The van der Waals surface area contributed by atoms with Crippen LogP contribution in [0.4, 0.5) is 17.1 Å². The number of rotatable bonds is 8. The molecule has 1 heterocycles. The SMILES string of the molecule is CCn1c2ccccc2c2cc(NC(=O)C(C)Sc3cccc(NC(=O)c4ccc([N+](=O)[O-])cc4)c3)ccc21. The van der Waals surface area contributed by atoms with Gasteiger partial charge in [-0.2, -0.15) is 0 Å². The van der Waals surface area contributed by atoms with Crippen molar-refractivity contribution >= 4 is 62.4 Å². The molecule has 0 saturated heterocycles. The quantitative estimate of drug-likeness (QED) is 0.125. The fourth-order valence-electron chi connectivity index (χ4n) is 4.56. The largest absolute Gasteiger partial charge is 0.341 e. The van der Waals surface area contributed by atoms with E-state index in [2.05, 4.69) is 34.3 Å². The lowest BCUT2D eigenvalue weighted by molar-refractivity contribution is -0.384. The highest BCUT2D eigenvalue weighted by Crippen LogP contribution is 2.32. The number of hydrogen-bond acceptors (Lipinski definition) is 5. The molecule has 0 aliphatic heterocycles. The number of hydrogen-bond donors (Lipinski definition) is 2. The molecule has 5 aromatic rings. The summed E-state index contributed by atoms with van der Waals surface area (Å²) >= 11 is 1.38. The molecule has 1 unspecified atom stereocenters. The smallest absolute Gasteiger partial charge is 0.269 e. The standard InChI is InChI=1S/C30H26N4O4S/c1-3-33-27-10-5-4-9-25(27)26-18-22(13-16-28(26)33)31-29(35)19(2)39-24-8-6-7-21(17-24)32-30(36)20-11-14-23(15-12-20)34(37)38/h4-19H,3H2,1-2H3,(H,31,35)(H,32,36). The van der Waals surface area contributed by atoms with Gasteiger partial charge in [0.15, 0.2) is 0 Å². The van der Waals surface area contributed by atoms with Gasteiger partial charge >= 0.3 is 0 Å². The maximum absolute atomic E-state index is 13.0. The van der Waals surface area contributed by atoms with Gasteiger partial charge in [-0.1, -0.05) is 24.3 Å². The van der Waals surface area contributed by atoms with Crippen LogP contribution >= 0.6 is 11.8 Å². The van der Waals surface area contributed by atoms with Crippen LogP contribution in [0.15, 0.2) is 95.9 Å². The number of aryl methyl sites for hydroxylation is 1. The number of nitro benzene ring substituents is 1. The first-order valence-corrected chi connectivity index (χ1v) is 13.4. The van der Waals surface area contributed by atoms with Crippen molar-refractivity contribution in [2.75, 3.05) is 10.6 Å². The Morgan fingerprint density at radius 3 is 2.33 bits per heavy atom. The van der Waals surface area contributed by atoms with Crippen molar-refractivity contribution in [2.45, 2.75) is 30.5 Å². The number of para-hydroxylation sites is 1. The summed E-state index contributed by atoms with van der Waals surface area (Å²) in [6.45, 7) is 4.82. The van der Waals surface area contributed by atoms with Gasteiger partial charge in [-0.05, 0) is 68.4 Å². The number of nitro groups is 1. The summed E-state index contributed by atoms with van der Waals surface area (Å²) in [5.74, 6) is -0.503. The van der Waals surface area contributed by atoms with Crippen molar-refractivity contribution in [3.05, 3.63) is 107 Å². The van der Waals surface area contributed by atoms with E-state index in [0.717, 1.165) is 33.4 Å². The van der Waals surface area contributed by atoms with Crippen molar-refractivity contribution in [3.63, 3.8) is 0 Å². The number of thioether (sulfide) groups is 1. The normalized spacial score (nSPS) is 11.8. The number of non-ortho nitro benzene ring substituents is 1. The van der Waals surface area contributed by atoms with Gasteiger partial charge in [0.2, 0.25) is 5.91 Å². The molecule has 1 aromatic heterocycles. The van der Waals surface area contributed by atoms with E-state index in [1.165, 1.54) is 41.5 Å². The topological polar surface area (TPSA) is 106 Å². The Hall–Kier alpha value is -4.63. The Bertz CT molecular complexity index is 1710. The average Bonchev–Trinajstić information content (AvgIpc) is 3.26. The van der Waals surface area contributed by atoms with E-state index < -0.39 is 10.2 Å². The Balaban J connectivity index is 1.26. The first-order chi connectivity index (χ1) is 18.8. The summed E-state index contributed by atoms with van der Waals surface area (Å²) in [6.07, 6.45) is 0. The van der Waals surface area contributed by atoms with Gasteiger partial charge in [0, 0.05) is 62.3 Å². The molecule has 2 N–H and O–H groups in total. The van der Waals surface area contributed by atoms with Crippen molar-refractivity contribution < 1.29 is 14.5 Å². The van der Waals surface area contributed by atoms with Crippen LogP contribution < -0.4 is 10.6 Å². The maximum Gasteiger partial charge on any atom is 0.269 e. The number of amides is 2. The van der Waals surface area contributed by atoms with Crippen LogP contribution in [0.1, 0.15) is 24.2 Å². The van der Waals surface area contributed by atoms with E-state index in [1.54, 1.807) is 18.2 Å². The van der Waals surface area contributed by atoms with Crippen LogP contribution in [0.5, 0.6) is 0 Å². The third-order valence-corrected chi connectivity index (χ3v) is 7.56. The molecule has 4 aromatic carbocycles. The maximum atomic E-state index is 13.0. The molecule has 8 nitrogen and oxygen atoms in total. The second kappa shape index (κ2) is 11.0. The highest BCUT2D eigenvalue weighted by molar-refractivity contribution is 8.00. The Kier molecular flexibility index (Phi) is 7.33. The summed E-state index contributed by atoms with van der Waals surface area (Å²) in [5, 5.41) is 18.5. The van der Waals surface area contributed by atoms with Crippen LogP contribution in [-0.4, -0.2) is 26.6 Å². The summed E-state index contributed by atoms with van der Waals surface area (Å²) in [5.41, 5.74) is 3.83. The van der Waals surface area contributed by atoms with E-state index >= 15 is 0 Å². The Morgan fingerprint density at radius 2 is 1.59 bits per heavy atom. The lowest BCUT2D eigenvalue weighted by atomic mass is 10.1. The highest BCUT2D eigenvalue weighted by atomic mass is 32.2. The van der Waals surface area contributed by atoms with Crippen molar-refractivity contribution in [1.29, 1.82) is 0 Å². The minimum absolute atomic E-state index is 0.0788. The Labute approximate surface area is 229 Å². The second-order valence-electron chi connectivity index (χ2n) is 9.03. The molecule has 1 atom stereocenters. The fourth-order valence-corrected chi connectivity index (χ4v) is 5.48. The zero-order valence-corrected chi connectivity index (χ0v) is 22.2. The first kappa shape index (κ1) is 26.0. The minimum atomic E-state index is -0.511. The van der Waals surface area contributed by atoms with Crippen molar-refractivity contribution in [2.24, 2.45) is 0 Å². The number of carbonyl (C=O) groups is 2. The lowest BCUT2D eigenvalue weighted by Gasteiger charge is -2.13. The van der Waals surface area contributed by atoms with E-state index in [1.807, 2.05) is 43.3 Å². The fraction of sp³-hybridized carbons (Fsp3) is 0.133. The molecule has 5 rings (SSSR count). The molecule has 9 heteroatoms.